The number of carboxylic acid groups (broad SMARTS) is 1. The van der Waals surface area contributed by atoms with Gasteiger partial charge in [-0.15, -0.1) is 0 Å². The molecule has 7 nitrogen and oxygen atoms in total. The lowest BCUT2D eigenvalue weighted by Crippen LogP contribution is -2.43. The molecule has 2 unspecified atom stereocenters. The molecule has 0 spiro atoms. The van der Waals surface area contributed by atoms with E-state index < -0.39 is 5.97 Å². The molecule has 0 bridgehead atoms. The van der Waals surface area contributed by atoms with Crippen LogP contribution in [0.5, 0.6) is 0 Å². The van der Waals surface area contributed by atoms with Gasteiger partial charge in [-0.2, -0.15) is 0 Å². The van der Waals surface area contributed by atoms with Gasteiger partial charge in [0.15, 0.2) is 5.43 Å². The molecule has 2 heterocycles. The first kappa shape index (κ1) is 24.6. The Kier molecular flexibility index (Phi) is 6.72. The van der Waals surface area contributed by atoms with Crippen molar-refractivity contribution in [3.63, 3.8) is 0 Å². The molecule has 2 atom stereocenters. The number of carbonyl (C=O) groups is 1. The van der Waals surface area contributed by atoms with Gasteiger partial charge in [-0.3, -0.25) is 4.79 Å². The van der Waals surface area contributed by atoms with Gasteiger partial charge in [-0.05, 0) is 68.8 Å². The summed E-state index contributed by atoms with van der Waals surface area (Å²) in [6.45, 7) is 8.24. The van der Waals surface area contributed by atoms with E-state index >= 15 is 0 Å². The fourth-order valence-electron chi connectivity index (χ4n) is 4.93. The van der Waals surface area contributed by atoms with E-state index in [1.54, 1.807) is 24.3 Å². The van der Waals surface area contributed by atoms with Crippen molar-refractivity contribution < 1.29 is 19.1 Å². The molecule has 2 N–H and O–H groups in total. The summed E-state index contributed by atoms with van der Waals surface area (Å²) in [5.41, 5.74) is 4.68. The van der Waals surface area contributed by atoms with Gasteiger partial charge in [0.25, 0.3) is 0 Å². The van der Waals surface area contributed by atoms with Crippen LogP contribution in [0.25, 0.3) is 22.3 Å². The number of ether oxygens (including phenoxy) is 1. The molecule has 37 heavy (non-hydrogen) atoms. The number of anilines is 2. The van der Waals surface area contributed by atoms with Crippen LogP contribution in [-0.4, -0.2) is 36.9 Å². The number of aryl methyl sites for hydroxylation is 1. The van der Waals surface area contributed by atoms with Crippen LogP contribution < -0.4 is 15.6 Å². The normalized spacial score (nSPS) is 16.5. The molecular formula is C30H30N2O5. The third-order valence-electron chi connectivity index (χ3n) is 6.85. The quantitative estimate of drug-likeness (QED) is 0.344. The molecule has 0 amide bonds. The van der Waals surface area contributed by atoms with E-state index in [0.717, 1.165) is 28.9 Å². The third kappa shape index (κ3) is 4.95. The van der Waals surface area contributed by atoms with Gasteiger partial charge >= 0.3 is 5.97 Å². The Hall–Kier alpha value is -4.10. The van der Waals surface area contributed by atoms with Crippen molar-refractivity contribution in [2.24, 2.45) is 0 Å². The highest BCUT2D eigenvalue weighted by Crippen LogP contribution is 2.32. The van der Waals surface area contributed by atoms with Crippen LogP contribution in [0.2, 0.25) is 0 Å². The number of hydrogen-bond donors (Lipinski definition) is 2. The molecule has 0 radical (unpaired) electrons. The van der Waals surface area contributed by atoms with Crippen LogP contribution in [0.1, 0.15) is 41.4 Å². The molecule has 1 aliphatic heterocycles. The maximum Gasteiger partial charge on any atom is 0.337 e. The highest BCUT2D eigenvalue weighted by atomic mass is 16.5. The Morgan fingerprint density at radius 2 is 1.86 bits per heavy atom. The molecule has 1 aromatic heterocycles. The van der Waals surface area contributed by atoms with Crippen molar-refractivity contribution in [1.29, 1.82) is 0 Å². The first-order valence-electron chi connectivity index (χ1n) is 12.4. The number of morpholine rings is 1. The Balaban J connectivity index is 1.53. The van der Waals surface area contributed by atoms with E-state index in [-0.39, 0.29) is 17.0 Å². The van der Waals surface area contributed by atoms with Crippen LogP contribution in [0.4, 0.5) is 11.4 Å². The van der Waals surface area contributed by atoms with E-state index in [1.807, 2.05) is 50.2 Å². The summed E-state index contributed by atoms with van der Waals surface area (Å²) in [6.07, 6.45) is 0. The minimum Gasteiger partial charge on any atom is -0.478 e. The number of nitrogens with one attached hydrogen (secondary N) is 1. The lowest BCUT2D eigenvalue weighted by Gasteiger charge is -2.35. The number of rotatable bonds is 6. The van der Waals surface area contributed by atoms with E-state index in [4.69, 9.17) is 9.15 Å². The first-order valence-corrected chi connectivity index (χ1v) is 12.4. The smallest absolute Gasteiger partial charge is 0.337 e. The Morgan fingerprint density at radius 3 is 2.59 bits per heavy atom. The number of fused-ring (bicyclic) bond motifs is 1. The van der Waals surface area contributed by atoms with Gasteiger partial charge in [-0.25, -0.2) is 4.79 Å². The number of carboxylic acids is 1. The van der Waals surface area contributed by atoms with Gasteiger partial charge in [0.05, 0.1) is 30.2 Å². The fraction of sp³-hybridized carbons (Fsp3) is 0.267. The second-order valence-corrected chi connectivity index (χ2v) is 9.59. The van der Waals surface area contributed by atoms with Crippen LogP contribution in [0, 0.1) is 6.92 Å². The molecule has 1 saturated heterocycles. The van der Waals surface area contributed by atoms with Crippen LogP contribution in [0.15, 0.2) is 75.9 Å². The molecule has 0 aliphatic carbocycles. The van der Waals surface area contributed by atoms with Crippen molar-refractivity contribution in [3.05, 3.63) is 93.6 Å². The summed E-state index contributed by atoms with van der Waals surface area (Å²) in [6, 6.07) is 20.1. The molecule has 4 aromatic rings. The average Bonchev–Trinajstić information content (AvgIpc) is 2.89. The zero-order chi connectivity index (χ0) is 26.1. The van der Waals surface area contributed by atoms with Crippen molar-refractivity contribution >= 4 is 28.3 Å². The van der Waals surface area contributed by atoms with Gasteiger partial charge in [0.1, 0.15) is 11.3 Å². The SMILES string of the molecule is Cc1cc(C(C)Nc2ccccc2C(=O)O)c2oc(-c3ccc(N4CCOCC4C)cc3)cc(=O)c2c1. The predicted octanol–water partition coefficient (Wildman–Crippen LogP) is 5.86. The first-order chi connectivity index (χ1) is 17.8. The molecule has 0 saturated carbocycles. The van der Waals surface area contributed by atoms with Crippen molar-refractivity contribution in [3.8, 4) is 11.3 Å². The van der Waals surface area contributed by atoms with E-state index in [9.17, 15) is 14.7 Å². The zero-order valence-corrected chi connectivity index (χ0v) is 21.2. The van der Waals surface area contributed by atoms with Crippen molar-refractivity contribution in [1.82, 2.24) is 0 Å². The molecule has 5 rings (SSSR count). The Labute approximate surface area is 215 Å². The van der Waals surface area contributed by atoms with Crippen molar-refractivity contribution in [2.45, 2.75) is 32.9 Å². The highest BCUT2D eigenvalue weighted by Gasteiger charge is 2.20. The van der Waals surface area contributed by atoms with Crippen LogP contribution in [0.3, 0.4) is 0 Å². The van der Waals surface area contributed by atoms with Gasteiger partial charge in [0.2, 0.25) is 0 Å². The van der Waals surface area contributed by atoms with Crippen molar-refractivity contribution in [2.75, 3.05) is 30.0 Å². The summed E-state index contributed by atoms with van der Waals surface area (Å²) in [5.74, 6) is -0.518. The number of hydrogen-bond acceptors (Lipinski definition) is 6. The topological polar surface area (TPSA) is 92.0 Å². The summed E-state index contributed by atoms with van der Waals surface area (Å²) in [7, 11) is 0. The Bertz CT molecular complexity index is 1510. The third-order valence-corrected chi connectivity index (χ3v) is 6.85. The van der Waals surface area contributed by atoms with Gasteiger partial charge in [0, 0.05) is 41.2 Å². The predicted molar refractivity (Wildman–Crippen MR) is 146 cm³/mol. The van der Waals surface area contributed by atoms with Crippen LogP contribution >= 0.6 is 0 Å². The number of benzene rings is 3. The maximum absolute atomic E-state index is 13.2. The Morgan fingerprint density at radius 1 is 1.11 bits per heavy atom. The summed E-state index contributed by atoms with van der Waals surface area (Å²) in [5, 5.41) is 13.4. The molecule has 190 valence electrons. The summed E-state index contributed by atoms with van der Waals surface area (Å²) in [4.78, 5) is 27.2. The monoisotopic (exact) mass is 498 g/mol. The van der Waals surface area contributed by atoms with E-state index in [1.165, 1.54) is 6.07 Å². The van der Waals surface area contributed by atoms with Gasteiger partial charge < -0.3 is 24.5 Å². The lowest BCUT2D eigenvalue weighted by atomic mass is 10.00. The second-order valence-electron chi connectivity index (χ2n) is 9.59. The second kappa shape index (κ2) is 10.1. The molecule has 7 heteroatoms. The average molecular weight is 499 g/mol. The minimum absolute atomic E-state index is 0.120. The van der Waals surface area contributed by atoms with E-state index in [2.05, 4.69) is 17.1 Å². The van der Waals surface area contributed by atoms with E-state index in [0.29, 0.717) is 41.7 Å². The molecule has 1 aliphatic rings. The lowest BCUT2D eigenvalue weighted by molar-refractivity contribution is 0.0698. The minimum atomic E-state index is -1.01. The molecular weight excluding hydrogens is 468 g/mol. The number of nitrogens with zero attached hydrogens (tertiary/aromatic N) is 1. The summed E-state index contributed by atoms with van der Waals surface area (Å²) >= 11 is 0. The van der Waals surface area contributed by atoms with Crippen LogP contribution in [-0.2, 0) is 4.74 Å². The number of aromatic carboxylic acids is 1. The number of para-hydroxylation sites is 1. The maximum atomic E-state index is 13.2. The highest BCUT2D eigenvalue weighted by molar-refractivity contribution is 5.94. The largest absolute Gasteiger partial charge is 0.478 e. The fourth-order valence-corrected chi connectivity index (χ4v) is 4.93. The molecule has 3 aromatic carbocycles. The zero-order valence-electron chi connectivity index (χ0n) is 21.2. The molecule has 1 fully saturated rings. The summed E-state index contributed by atoms with van der Waals surface area (Å²) < 4.78 is 11.9. The standard InChI is InChI=1S/C30H30N2O5/c1-18-14-24(20(3)31-26-7-5-4-6-23(26)30(34)35)29-25(15-18)27(33)16-28(37-29)21-8-10-22(11-9-21)32-12-13-36-17-19(32)2/h4-11,14-16,19-20,31H,12-13,17H2,1-3H3,(H,34,35). The van der Waals surface area contributed by atoms with Gasteiger partial charge in [-0.1, -0.05) is 18.2 Å².